The fraction of sp³-hybridized carbons (Fsp3) is 0.250. The van der Waals surface area contributed by atoms with Crippen LogP contribution in [-0.4, -0.2) is 16.3 Å². The number of alkyl halides is 1. The molecule has 0 saturated heterocycles. The highest BCUT2D eigenvalue weighted by Crippen LogP contribution is 2.32. The fourth-order valence-corrected chi connectivity index (χ4v) is 3.02. The molecular formula is C12H11Cl2IN2O2. The van der Waals surface area contributed by atoms with Crippen LogP contribution in [0, 0.1) is 3.70 Å². The number of rotatable bonds is 3. The maximum absolute atomic E-state index is 5.93. The molecule has 0 bridgehead atoms. The summed E-state index contributed by atoms with van der Waals surface area (Å²) in [6.07, 6.45) is 1.81. The lowest BCUT2D eigenvalue weighted by Crippen LogP contribution is -2.02. The number of hydrogen-bond donors (Lipinski definition) is 0. The predicted molar refractivity (Wildman–Crippen MR) is 83.4 cm³/mol. The molecule has 4 nitrogen and oxygen atoms in total. The molecule has 0 fully saturated rings. The predicted octanol–water partition coefficient (Wildman–Crippen LogP) is 3.43. The molecule has 1 aromatic heterocycles. The number of hydrogen-bond acceptors (Lipinski definition) is 3. The molecule has 2 heterocycles. The minimum absolute atomic E-state index is 0. The molecule has 0 saturated carbocycles. The summed E-state index contributed by atoms with van der Waals surface area (Å²) >= 11 is 8.12. The number of fused-ring (bicyclic) bond motifs is 1. The van der Waals surface area contributed by atoms with E-state index < -0.39 is 0 Å². The summed E-state index contributed by atoms with van der Waals surface area (Å²) in [5, 5.41) is 0. The molecule has 3 rings (SSSR count). The molecule has 1 aromatic carbocycles. The summed E-state index contributed by atoms with van der Waals surface area (Å²) in [5.74, 6) is 2.06. The Morgan fingerprint density at radius 3 is 2.89 bits per heavy atom. The summed E-state index contributed by atoms with van der Waals surface area (Å²) in [6.45, 7) is 1.03. The molecule has 0 radical (unpaired) electrons. The summed E-state index contributed by atoms with van der Waals surface area (Å²) in [7, 11) is 0. The molecule has 0 amide bonds. The van der Waals surface area contributed by atoms with E-state index in [4.69, 9.17) is 21.1 Å². The van der Waals surface area contributed by atoms with Crippen LogP contribution < -0.4 is 9.47 Å². The first-order valence-electron chi connectivity index (χ1n) is 5.42. The lowest BCUT2D eigenvalue weighted by atomic mass is 10.2. The number of nitrogens with zero attached hydrogens (tertiary/aromatic N) is 2. The van der Waals surface area contributed by atoms with E-state index in [-0.39, 0.29) is 12.4 Å². The molecule has 0 aliphatic carbocycles. The first-order valence-corrected chi connectivity index (χ1v) is 7.03. The van der Waals surface area contributed by atoms with Crippen molar-refractivity contribution in [3.8, 4) is 11.5 Å². The first kappa shape index (κ1) is 14.7. The van der Waals surface area contributed by atoms with Gasteiger partial charge in [-0.3, -0.25) is 0 Å². The summed E-state index contributed by atoms with van der Waals surface area (Å²) in [5.41, 5.74) is 2.18. The number of ether oxygens (including phenoxy) is 2. The van der Waals surface area contributed by atoms with Gasteiger partial charge in [-0.05, 0) is 40.3 Å². The van der Waals surface area contributed by atoms with Gasteiger partial charge in [-0.2, -0.15) is 0 Å². The second-order valence-corrected chi connectivity index (χ2v) is 5.22. The molecule has 1 aliphatic heterocycles. The third-order valence-electron chi connectivity index (χ3n) is 2.81. The Morgan fingerprint density at radius 2 is 2.11 bits per heavy atom. The van der Waals surface area contributed by atoms with Gasteiger partial charge in [0.15, 0.2) is 11.5 Å². The number of aromatic nitrogens is 2. The van der Waals surface area contributed by atoms with Gasteiger partial charge in [-0.25, -0.2) is 4.98 Å². The van der Waals surface area contributed by atoms with Crippen LogP contribution in [0.5, 0.6) is 11.5 Å². The van der Waals surface area contributed by atoms with E-state index in [1.165, 1.54) is 0 Å². The van der Waals surface area contributed by atoms with Crippen LogP contribution >= 0.6 is 46.6 Å². The van der Waals surface area contributed by atoms with Crippen molar-refractivity contribution in [3.05, 3.63) is 39.5 Å². The van der Waals surface area contributed by atoms with Gasteiger partial charge in [0, 0.05) is 6.54 Å². The van der Waals surface area contributed by atoms with Gasteiger partial charge in [-0.15, -0.1) is 24.0 Å². The number of imidazole rings is 1. The minimum atomic E-state index is 0. The molecule has 0 unspecified atom stereocenters. The summed E-state index contributed by atoms with van der Waals surface area (Å²) in [4.78, 5) is 4.27. The molecule has 2 aromatic rings. The van der Waals surface area contributed by atoms with Gasteiger partial charge in [-0.1, -0.05) is 6.07 Å². The molecular weight excluding hydrogens is 402 g/mol. The zero-order valence-corrected chi connectivity index (χ0v) is 13.5. The normalized spacial score (nSPS) is 12.3. The van der Waals surface area contributed by atoms with Gasteiger partial charge in [0.2, 0.25) is 6.79 Å². The third kappa shape index (κ3) is 2.93. The van der Waals surface area contributed by atoms with Crippen LogP contribution in [0.25, 0.3) is 0 Å². The van der Waals surface area contributed by atoms with E-state index in [9.17, 15) is 0 Å². The smallest absolute Gasteiger partial charge is 0.231 e. The third-order valence-corrected chi connectivity index (χ3v) is 3.97. The van der Waals surface area contributed by atoms with E-state index in [0.717, 1.165) is 33.0 Å². The molecule has 0 N–H and O–H groups in total. The second-order valence-electron chi connectivity index (χ2n) is 3.93. The van der Waals surface area contributed by atoms with Crippen molar-refractivity contribution in [2.75, 3.05) is 6.79 Å². The molecule has 102 valence electrons. The van der Waals surface area contributed by atoms with Gasteiger partial charge in [0.05, 0.1) is 17.9 Å². The van der Waals surface area contributed by atoms with Gasteiger partial charge >= 0.3 is 0 Å². The average Bonchev–Trinajstić information content (AvgIpc) is 2.96. The molecule has 19 heavy (non-hydrogen) atoms. The largest absolute Gasteiger partial charge is 0.454 e. The van der Waals surface area contributed by atoms with Crippen LogP contribution in [0.3, 0.4) is 0 Å². The zero-order chi connectivity index (χ0) is 12.5. The van der Waals surface area contributed by atoms with Crippen molar-refractivity contribution in [2.24, 2.45) is 0 Å². The van der Waals surface area contributed by atoms with Crippen molar-refractivity contribution in [2.45, 2.75) is 12.4 Å². The Hall–Kier alpha value is -0.660. The average molecular weight is 413 g/mol. The van der Waals surface area contributed by atoms with E-state index in [0.29, 0.717) is 12.7 Å². The number of halogens is 3. The minimum Gasteiger partial charge on any atom is -0.454 e. The fourth-order valence-electron chi connectivity index (χ4n) is 1.89. The Bertz CT molecular complexity index is 589. The quantitative estimate of drug-likeness (QED) is 0.572. The van der Waals surface area contributed by atoms with Gasteiger partial charge in [0.25, 0.3) is 0 Å². The van der Waals surface area contributed by atoms with Crippen molar-refractivity contribution >= 4 is 46.6 Å². The van der Waals surface area contributed by atoms with E-state index in [2.05, 4.69) is 27.6 Å². The Balaban J connectivity index is 0.00000133. The van der Waals surface area contributed by atoms with Gasteiger partial charge in [0.1, 0.15) is 3.70 Å². The Kier molecular flexibility index (Phi) is 4.81. The standard InChI is InChI=1S/C12H10ClIN2O2.ClH/c13-4-9-12(14)15-6-16(9)5-8-1-2-10-11(3-8)18-7-17-10;/h1-3,6H,4-5,7H2;1H. The van der Waals surface area contributed by atoms with Crippen molar-refractivity contribution in [1.29, 1.82) is 0 Å². The van der Waals surface area contributed by atoms with E-state index >= 15 is 0 Å². The van der Waals surface area contributed by atoms with Crippen molar-refractivity contribution < 1.29 is 9.47 Å². The second kappa shape index (κ2) is 6.19. The topological polar surface area (TPSA) is 36.3 Å². The Labute approximate surface area is 135 Å². The maximum Gasteiger partial charge on any atom is 0.231 e. The zero-order valence-electron chi connectivity index (χ0n) is 9.81. The summed E-state index contributed by atoms with van der Waals surface area (Å²) < 4.78 is 13.6. The lowest BCUT2D eigenvalue weighted by molar-refractivity contribution is 0.174. The molecule has 7 heteroatoms. The summed E-state index contributed by atoms with van der Waals surface area (Å²) in [6, 6.07) is 5.95. The molecule has 0 spiro atoms. The molecule has 1 aliphatic rings. The highest BCUT2D eigenvalue weighted by atomic mass is 127. The molecule has 0 atom stereocenters. The van der Waals surface area contributed by atoms with Crippen LogP contribution in [0.15, 0.2) is 24.5 Å². The lowest BCUT2D eigenvalue weighted by Gasteiger charge is -2.07. The van der Waals surface area contributed by atoms with E-state index in [1.54, 1.807) is 0 Å². The van der Waals surface area contributed by atoms with Crippen LogP contribution in [0.2, 0.25) is 0 Å². The van der Waals surface area contributed by atoms with E-state index in [1.807, 2.05) is 29.1 Å². The van der Waals surface area contributed by atoms with Crippen LogP contribution in [0.1, 0.15) is 11.3 Å². The first-order chi connectivity index (χ1) is 8.78. The monoisotopic (exact) mass is 412 g/mol. The van der Waals surface area contributed by atoms with Gasteiger partial charge < -0.3 is 14.0 Å². The van der Waals surface area contributed by atoms with Crippen molar-refractivity contribution in [3.63, 3.8) is 0 Å². The highest BCUT2D eigenvalue weighted by molar-refractivity contribution is 14.1. The maximum atomic E-state index is 5.93. The van der Waals surface area contributed by atoms with Crippen molar-refractivity contribution in [1.82, 2.24) is 9.55 Å². The highest BCUT2D eigenvalue weighted by Gasteiger charge is 2.14. The number of benzene rings is 1. The Morgan fingerprint density at radius 1 is 1.32 bits per heavy atom. The SMILES string of the molecule is Cl.ClCc1c(I)ncn1Cc1ccc2c(c1)OCO2. The van der Waals surface area contributed by atoms with Crippen LogP contribution in [-0.2, 0) is 12.4 Å². The van der Waals surface area contributed by atoms with Crippen LogP contribution in [0.4, 0.5) is 0 Å².